The molecule has 2 rings (SSSR count). The number of anilines is 1. The molecule has 0 aliphatic carbocycles. The van der Waals surface area contributed by atoms with Gasteiger partial charge in [-0.1, -0.05) is 22.9 Å². The van der Waals surface area contributed by atoms with Crippen LogP contribution in [0, 0.1) is 5.92 Å². The highest BCUT2D eigenvalue weighted by Gasteiger charge is 2.36. The molecule has 1 atom stereocenters. The summed E-state index contributed by atoms with van der Waals surface area (Å²) in [5, 5.41) is 3.35. The Bertz CT molecular complexity index is 476. The molecule has 1 N–H and O–H groups in total. The van der Waals surface area contributed by atoms with Crippen molar-refractivity contribution >= 4 is 21.6 Å². The van der Waals surface area contributed by atoms with E-state index in [4.69, 9.17) is 0 Å². The second-order valence-electron chi connectivity index (χ2n) is 5.46. The van der Waals surface area contributed by atoms with Crippen LogP contribution in [0.2, 0.25) is 0 Å². The SMILES string of the molecule is CCCNCC1CCN(c2ccc(Br)cc2C(F)(F)F)C1. The van der Waals surface area contributed by atoms with Gasteiger partial charge in [-0.3, -0.25) is 0 Å². The molecule has 1 saturated heterocycles. The van der Waals surface area contributed by atoms with Crippen LogP contribution < -0.4 is 10.2 Å². The van der Waals surface area contributed by atoms with Crippen LogP contribution in [-0.2, 0) is 6.18 Å². The molecule has 6 heteroatoms. The van der Waals surface area contributed by atoms with E-state index in [1.165, 1.54) is 0 Å². The average molecular weight is 365 g/mol. The van der Waals surface area contributed by atoms with Gasteiger partial charge in [0.15, 0.2) is 0 Å². The van der Waals surface area contributed by atoms with Crippen LogP contribution in [0.25, 0.3) is 0 Å². The predicted molar refractivity (Wildman–Crippen MR) is 82.6 cm³/mol. The number of nitrogens with zero attached hydrogens (tertiary/aromatic N) is 1. The van der Waals surface area contributed by atoms with Crippen molar-refractivity contribution < 1.29 is 13.2 Å². The molecule has 1 aliphatic rings. The van der Waals surface area contributed by atoms with Crippen molar-refractivity contribution in [2.45, 2.75) is 25.9 Å². The molecule has 0 spiro atoms. The molecular weight excluding hydrogens is 345 g/mol. The van der Waals surface area contributed by atoms with Gasteiger partial charge in [0.1, 0.15) is 0 Å². The summed E-state index contributed by atoms with van der Waals surface area (Å²) < 4.78 is 40.0. The molecule has 0 saturated carbocycles. The summed E-state index contributed by atoms with van der Waals surface area (Å²) in [5.41, 5.74) is -0.261. The summed E-state index contributed by atoms with van der Waals surface area (Å²) >= 11 is 3.12. The molecular formula is C15H20BrF3N2. The molecule has 1 aliphatic heterocycles. The highest BCUT2D eigenvalue weighted by atomic mass is 79.9. The fourth-order valence-electron chi connectivity index (χ4n) is 2.71. The lowest BCUT2D eigenvalue weighted by molar-refractivity contribution is -0.137. The first-order valence-electron chi connectivity index (χ1n) is 7.24. The average Bonchev–Trinajstić information content (AvgIpc) is 2.87. The molecule has 1 heterocycles. The number of hydrogen-bond acceptors (Lipinski definition) is 2. The van der Waals surface area contributed by atoms with Crippen molar-refractivity contribution in [3.63, 3.8) is 0 Å². The van der Waals surface area contributed by atoms with Gasteiger partial charge in [0.2, 0.25) is 0 Å². The van der Waals surface area contributed by atoms with Crippen LogP contribution in [0.3, 0.4) is 0 Å². The lowest BCUT2D eigenvalue weighted by Gasteiger charge is -2.23. The zero-order chi connectivity index (χ0) is 15.5. The van der Waals surface area contributed by atoms with Crippen molar-refractivity contribution in [3.8, 4) is 0 Å². The monoisotopic (exact) mass is 364 g/mol. The molecule has 21 heavy (non-hydrogen) atoms. The second-order valence-corrected chi connectivity index (χ2v) is 6.38. The van der Waals surface area contributed by atoms with Crippen molar-refractivity contribution in [1.29, 1.82) is 0 Å². The Hall–Kier alpha value is -0.750. The Balaban J connectivity index is 2.09. The Labute approximate surface area is 131 Å². The second kappa shape index (κ2) is 7.01. The number of nitrogens with one attached hydrogen (secondary N) is 1. The minimum Gasteiger partial charge on any atom is -0.371 e. The smallest absolute Gasteiger partial charge is 0.371 e. The van der Waals surface area contributed by atoms with Gasteiger partial charge in [-0.15, -0.1) is 0 Å². The van der Waals surface area contributed by atoms with E-state index >= 15 is 0 Å². The lowest BCUT2D eigenvalue weighted by atomic mass is 10.1. The molecule has 118 valence electrons. The largest absolute Gasteiger partial charge is 0.418 e. The Morgan fingerprint density at radius 2 is 2.14 bits per heavy atom. The molecule has 0 amide bonds. The molecule has 0 aromatic heterocycles. The van der Waals surface area contributed by atoms with Crippen molar-refractivity contribution in [3.05, 3.63) is 28.2 Å². The molecule has 0 bridgehead atoms. The molecule has 1 fully saturated rings. The van der Waals surface area contributed by atoms with E-state index in [9.17, 15) is 13.2 Å². The fraction of sp³-hybridized carbons (Fsp3) is 0.600. The molecule has 2 nitrogen and oxygen atoms in total. The van der Waals surface area contributed by atoms with E-state index < -0.39 is 11.7 Å². The van der Waals surface area contributed by atoms with Gasteiger partial charge in [-0.25, -0.2) is 0 Å². The van der Waals surface area contributed by atoms with Crippen molar-refractivity contribution in [1.82, 2.24) is 5.32 Å². The minimum absolute atomic E-state index is 0.295. The summed E-state index contributed by atoms with van der Waals surface area (Å²) in [4.78, 5) is 1.85. The third kappa shape index (κ3) is 4.36. The summed E-state index contributed by atoms with van der Waals surface area (Å²) in [6.45, 7) is 5.31. The van der Waals surface area contributed by atoms with E-state index in [1.54, 1.807) is 12.1 Å². The van der Waals surface area contributed by atoms with Crippen molar-refractivity contribution in [2.24, 2.45) is 5.92 Å². The normalized spacial score (nSPS) is 19.3. The Morgan fingerprint density at radius 3 is 2.81 bits per heavy atom. The maximum Gasteiger partial charge on any atom is 0.418 e. The first kappa shape index (κ1) is 16.6. The number of hydrogen-bond donors (Lipinski definition) is 1. The Morgan fingerprint density at radius 1 is 1.38 bits per heavy atom. The minimum atomic E-state index is -4.32. The molecule has 1 unspecified atom stereocenters. The van der Waals surface area contributed by atoms with E-state index in [0.29, 0.717) is 29.2 Å². The zero-order valence-electron chi connectivity index (χ0n) is 12.0. The van der Waals surface area contributed by atoms with Crippen LogP contribution >= 0.6 is 15.9 Å². The third-order valence-electron chi connectivity index (χ3n) is 3.75. The van der Waals surface area contributed by atoms with Gasteiger partial charge >= 0.3 is 6.18 Å². The van der Waals surface area contributed by atoms with Crippen LogP contribution in [0.4, 0.5) is 18.9 Å². The Kier molecular flexibility index (Phi) is 5.54. The van der Waals surface area contributed by atoms with Gasteiger partial charge in [0.05, 0.1) is 5.56 Å². The number of alkyl halides is 3. The van der Waals surface area contributed by atoms with E-state index in [0.717, 1.165) is 32.0 Å². The number of benzene rings is 1. The summed E-state index contributed by atoms with van der Waals surface area (Å²) in [5.74, 6) is 0.418. The van der Waals surface area contributed by atoms with Crippen LogP contribution in [0.15, 0.2) is 22.7 Å². The first-order chi connectivity index (χ1) is 9.91. The molecule has 0 radical (unpaired) electrons. The van der Waals surface area contributed by atoms with Gasteiger partial charge < -0.3 is 10.2 Å². The fourth-order valence-corrected chi connectivity index (χ4v) is 3.07. The standard InChI is InChI=1S/C15H20BrF3N2/c1-2-6-20-9-11-5-7-21(10-11)14-4-3-12(16)8-13(14)15(17,18)19/h3-4,8,11,20H,2,5-7,9-10H2,1H3. The summed E-state index contributed by atoms with van der Waals surface area (Å²) in [6.07, 6.45) is -2.32. The maximum atomic E-state index is 13.2. The number of rotatable bonds is 5. The highest BCUT2D eigenvalue weighted by Crippen LogP contribution is 2.39. The number of halogens is 4. The summed E-state index contributed by atoms with van der Waals surface area (Å²) in [7, 11) is 0. The topological polar surface area (TPSA) is 15.3 Å². The lowest BCUT2D eigenvalue weighted by Crippen LogP contribution is -2.28. The summed E-state index contributed by atoms with van der Waals surface area (Å²) in [6, 6.07) is 4.40. The quantitative estimate of drug-likeness (QED) is 0.783. The van der Waals surface area contributed by atoms with Gasteiger partial charge in [0.25, 0.3) is 0 Å². The van der Waals surface area contributed by atoms with Crippen LogP contribution in [0.1, 0.15) is 25.3 Å². The highest BCUT2D eigenvalue weighted by molar-refractivity contribution is 9.10. The van der Waals surface area contributed by atoms with Crippen LogP contribution in [-0.4, -0.2) is 26.2 Å². The van der Waals surface area contributed by atoms with Gasteiger partial charge in [0, 0.05) is 23.2 Å². The van der Waals surface area contributed by atoms with Gasteiger partial charge in [-0.2, -0.15) is 13.2 Å². The predicted octanol–water partition coefficient (Wildman–Crippen LogP) is 4.29. The van der Waals surface area contributed by atoms with E-state index in [1.807, 2.05) is 4.90 Å². The molecule has 1 aromatic rings. The molecule has 1 aromatic carbocycles. The maximum absolute atomic E-state index is 13.2. The first-order valence-corrected chi connectivity index (χ1v) is 8.03. The van der Waals surface area contributed by atoms with E-state index in [2.05, 4.69) is 28.2 Å². The van der Waals surface area contributed by atoms with Crippen LogP contribution in [0.5, 0.6) is 0 Å². The van der Waals surface area contributed by atoms with Gasteiger partial charge in [-0.05, 0) is 50.0 Å². The zero-order valence-corrected chi connectivity index (χ0v) is 13.6. The van der Waals surface area contributed by atoms with Crippen molar-refractivity contribution in [2.75, 3.05) is 31.1 Å². The third-order valence-corrected chi connectivity index (χ3v) is 4.24. The van der Waals surface area contributed by atoms with E-state index in [-0.39, 0.29) is 0 Å².